The molecule has 0 heterocycles. The molecule has 2 aromatic rings. The number of aliphatic hydroxyl groups is 1. The van der Waals surface area contributed by atoms with Crippen LogP contribution in [-0.2, 0) is 6.61 Å². The molecule has 0 aliphatic rings. The van der Waals surface area contributed by atoms with Crippen molar-refractivity contribution in [3.63, 3.8) is 0 Å². The molecule has 0 fully saturated rings. The molecule has 4 heteroatoms. The molecule has 1 atom stereocenters. The van der Waals surface area contributed by atoms with Crippen molar-refractivity contribution in [1.82, 2.24) is 0 Å². The van der Waals surface area contributed by atoms with E-state index in [0.717, 1.165) is 21.2 Å². The molecule has 0 unspecified atom stereocenters. The zero-order valence-corrected chi connectivity index (χ0v) is 13.7. The normalized spacial score (nSPS) is 12.2. The SMILES string of the molecule is Cc1ccc(COc2cc(Br)ccc2[C@H](C)O)c(Cl)c1. The zero-order chi connectivity index (χ0) is 14.7. The fourth-order valence-electron chi connectivity index (χ4n) is 1.90. The van der Waals surface area contributed by atoms with Crippen molar-refractivity contribution < 1.29 is 9.84 Å². The molecule has 2 rings (SSSR count). The molecule has 2 nitrogen and oxygen atoms in total. The molecule has 0 bridgehead atoms. The van der Waals surface area contributed by atoms with Crippen molar-refractivity contribution in [2.75, 3.05) is 0 Å². The fourth-order valence-corrected chi connectivity index (χ4v) is 2.53. The Bertz CT molecular complexity index is 611. The summed E-state index contributed by atoms with van der Waals surface area (Å²) in [6.45, 7) is 4.08. The Hall–Kier alpha value is -1.03. The molecular weight excluding hydrogens is 340 g/mol. The lowest BCUT2D eigenvalue weighted by molar-refractivity contribution is 0.190. The third kappa shape index (κ3) is 3.75. The van der Waals surface area contributed by atoms with Gasteiger partial charge in [-0.05, 0) is 37.6 Å². The highest BCUT2D eigenvalue weighted by Crippen LogP contribution is 2.30. The van der Waals surface area contributed by atoms with Crippen LogP contribution in [0.2, 0.25) is 5.02 Å². The summed E-state index contributed by atoms with van der Waals surface area (Å²) in [5.41, 5.74) is 2.80. The van der Waals surface area contributed by atoms with Gasteiger partial charge in [0.15, 0.2) is 0 Å². The second-order valence-electron chi connectivity index (χ2n) is 4.74. The van der Waals surface area contributed by atoms with Crippen LogP contribution in [0.4, 0.5) is 0 Å². The Morgan fingerprint density at radius 2 is 2.00 bits per heavy atom. The maximum Gasteiger partial charge on any atom is 0.126 e. The first-order valence-electron chi connectivity index (χ1n) is 6.32. The van der Waals surface area contributed by atoms with E-state index in [0.29, 0.717) is 17.4 Å². The molecule has 2 aromatic carbocycles. The topological polar surface area (TPSA) is 29.5 Å². The van der Waals surface area contributed by atoms with Gasteiger partial charge < -0.3 is 9.84 Å². The van der Waals surface area contributed by atoms with Gasteiger partial charge in [0.2, 0.25) is 0 Å². The van der Waals surface area contributed by atoms with Crippen LogP contribution in [0.1, 0.15) is 29.7 Å². The standard InChI is InChI=1S/C16H16BrClO2/c1-10-3-4-12(15(18)7-10)9-20-16-8-13(17)5-6-14(16)11(2)19/h3-8,11,19H,9H2,1-2H3/t11-/m0/s1. The zero-order valence-electron chi connectivity index (χ0n) is 11.4. The lowest BCUT2D eigenvalue weighted by Gasteiger charge is -2.14. The highest BCUT2D eigenvalue weighted by atomic mass is 79.9. The molecule has 0 amide bonds. The van der Waals surface area contributed by atoms with Gasteiger partial charge in [-0.2, -0.15) is 0 Å². The largest absolute Gasteiger partial charge is 0.488 e. The molecule has 0 saturated carbocycles. The molecule has 0 aromatic heterocycles. The van der Waals surface area contributed by atoms with Crippen LogP contribution in [0.5, 0.6) is 5.75 Å². The maximum atomic E-state index is 9.76. The minimum atomic E-state index is -0.577. The summed E-state index contributed by atoms with van der Waals surface area (Å²) >= 11 is 9.60. The molecule has 0 radical (unpaired) electrons. The minimum absolute atomic E-state index is 0.370. The second-order valence-corrected chi connectivity index (χ2v) is 6.06. The van der Waals surface area contributed by atoms with Gasteiger partial charge in [-0.25, -0.2) is 0 Å². The highest BCUT2D eigenvalue weighted by molar-refractivity contribution is 9.10. The van der Waals surface area contributed by atoms with Gasteiger partial charge >= 0.3 is 0 Å². The van der Waals surface area contributed by atoms with E-state index in [1.807, 2.05) is 43.3 Å². The van der Waals surface area contributed by atoms with Crippen LogP contribution >= 0.6 is 27.5 Å². The second kappa shape index (κ2) is 6.61. The van der Waals surface area contributed by atoms with Crippen LogP contribution in [0.25, 0.3) is 0 Å². The van der Waals surface area contributed by atoms with E-state index in [-0.39, 0.29) is 0 Å². The number of rotatable bonds is 4. The number of hydrogen-bond donors (Lipinski definition) is 1. The van der Waals surface area contributed by atoms with Gasteiger partial charge in [0.25, 0.3) is 0 Å². The fraction of sp³-hybridized carbons (Fsp3) is 0.250. The molecular formula is C16H16BrClO2. The molecule has 0 aliphatic carbocycles. The minimum Gasteiger partial charge on any atom is -0.488 e. The van der Waals surface area contributed by atoms with Crippen LogP contribution in [0.15, 0.2) is 40.9 Å². The predicted molar refractivity (Wildman–Crippen MR) is 85.3 cm³/mol. The van der Waals surface area contributed by atoms with E-state index < -0.39 is 6.10 Å². The summed E-state index contributed by atoms with van der Waals surface area (Å²) in [5, 5.41) is 10.5. The van der Waals surface area contributed by atoms with Gasteiger partial charge in [-0.1, -0.05) is 45.7 Å². The average molecular weight is 356 g/mol. The van der Waals surface area contributed by atoms with Crippen molar-refractivity contribution in [1.29, 1.82) is 0 Å². The number of hydrogen-bond acceptors (Lipinski definition) is 2. The van der Waals surface area contributed by atoms with E-state index in [1.165, 1.54) is 0 Å². The highest BCUT2D eigenvalue weighted by Gasteiger charge is 2.10. The Labute approximate surface area is 132 Å². The summed E-state index contributed by atoms with van der Waals surface area (Å²) in [7, 11) is 0. The number of benzene rings is 2. The van der Waals surface area contributed by atoms with Gasteiger partial charge in [-0.15, -0.1) is 0 Å². The molecule has 106 valence electrons. The van der Waals surface area contributed by atoms with E-state index in [4.69, 9.17) is 16.3 Å². The van der Waals surface area contributed by atoms with Crippen LogP contribution in [-0.4, -0.2) is 5.11 Å². The Balaban J connectivity index is 2.20. The van der Waals surface area contributed by atoms with E-state index in [9.17, 15) is 5.11 Å². The van der Waals surface area contributed by atoms with Crippen molar-refractivity contribution >= 4 is 27.5 Å². The summed E-state index contributed by atoms with van der Waals surface area (Å²) in [6, 6.07) is 11.5. The predicted octanol–water partition coefficient (Wildman–Crippen LogP) is 5.04. The third-order valence-corrected chi connectivity index (χ3v) is 3.86. The van der Waals surface area contributed by atoms with Gasteiger partial charge in [0, 0.05) is 20.6 Å². The molecule has 0 saturated heterocycles. The Kier molecular flexibility index (Phi) is 5.08. The number of halogens is 2. The van der Waals surface area contributed by atoms with Crippen molar-refractivity contribution in [2.24, 2.45) is 0 Å². The summed E-state index contributed by atoms with van der Waals surface area (Å²) in [6.07, 6.45) is -0.577. The van der Waals surface area contributed by atoms with Gasteiger partial charge in [0.1, 0.15) is 12.4 Å². The third-order valence-electron chi connectivity index (χ3n) is 3.02. The number of aliphatic hydroxyl groups excluding tert-OH is 1. The first-order valence-corrected chi connectivity index (χ1v) is 7.50. The smallest absolute Gasteiger partial charge is 0.126 e. The van der Waals surface area contributed by atoms with Crippen LogP contribution < -0.4 is 4.74 Å². The van der Waals surface area contributed by atoms with Crippen molar-refractivity contribution in [3.8, 4) is 5.75 Å². The van der Waals surface area contributed by atoms with Crippen molar-refractivity contribution in [2.45, 2.75) is 26.6 Å². The van der Waals surface area contributed by atoms with Crippen LogP contribution in [0, 0.1) is 6.92 Å². The van der Waals surface area contributed by atoms with Crippen LogP contribution in [0.3, 0.4) is 0 Å². The molecule has 1 N–H and O–H groups in total. The lowest BCUT2D eigenvalue weighted by Crippen LogP contribution is -2.01. The van der Waals surface area contributed by atoms with Crippen molar-refractivity contribution in [3.05, 3.63) is 62.6 Å². The summed E-state index contributed by atoms with van der Waals surface area (Å²) in [4.78, 5) is 0. The Morgan fingerprint density at radius 1 is 1.25 bits per heavy atom. The first-order chi connectivity index (χ1) is 9.47. The molecule has 20 heavy (non-hydrogen) atoms. The van der Waals surface area contributed by atoms with Gasteiger partial charge in [-0.3, -0.25) is 0 Å². The Morgan fingerprint density at radius 3 is 2.65 bits per heavy atom. The molecule has 0 aliphatic heterocycles. The van der Waals surface area contributed by atoms with E-state index in [1.54, 1.807) is 6.92 Å². The number of aryl methyl sites for hydroxylation is 1. The number of ether oxygens (including phenoxy) is 1. The quantitative estimate of drug-likeness (QED) is 0.832. The average Bonchev–Trinajstić information content (AvgIpc) is 2.37. The first kappa shape index (κ1) is 15.4. The molecule has 0 spiro atoms. The van der Waals surface area contributed by atoms with E-state index in [2.05, 4.69) is 15.9 Å². The maximum absolute atomic E-state index is 9.76. The van der Waals surface area contributed by atoms with Gasteiger partial charge in [0.05, 0.1) is 6.10 Å². The summed E-state index contributed by atoms with van der Waals surface area (Å²) in [5.74, 6) is 0.658. The monoisotopic (exact) mass is 354 g/mol. The lowest BCUT2D eigenvalue weighted by atomic mass is 10.1. The van der Waals surface area contributed by atoms with E-state index >= 15 is 0 Å². The summed E-state index contributed by atoms with van der Waals surface area (Å²) < 4.78 is 6.72.